The predicted molar refractivity (Wildman–Crippen MR) is 106 cm³/mol. The first-order chi connectivity index (χ1) is 13.0. The van der Waals surface area contributed by atoms with E-state index in [-0.39, 0.29) is 4.32 Å². The molecule has 1 fully saturated rings. The number of aromatic nitrogens is 1. The zero-order valence-electron chi connectivity index (χ0n) is 14.5. The van der Waals surface area contributed by atoms with Crippen molar-refractivity contribution >= 4 is 46.2 Å². The normalized spacial score (nSPS) is 15.2. The molecule has 9 heteroatoms. The Kier molecular flexibility index (Phi) is 5.72. The van der Waals surface area contributed by atoms with E-state index < -0.39 is 11.8 Å². The SMILES string of the molecule is COc1cccc(/C=C2\SC(=S)N(NC(=O)c3cccnc3)C2=O)c1OC. The maximum Gasteiger partial charge on any atom is 0.285 e. The molecule has 1 aliphatic heterocycles. The molecule has 27 heavy (non-hydrogen) atoms. The minimum atomic E-state index is -0.473. The number of carbonyl (C=O) groups is 2. The topological polar surface area (TPSA) is 80.8 Å². The molecular weight excluding hydrogens is 386 g/mol. The molecule has 1 aromatic heterocycles. The van der Waals surface area contributed by atoms with Gasteiger partial charge in [-0.15, -0.1) is 0 Å². The van der Waals surface area contributed by atoms with Crippen molar-refractivity contribution in [2.45, 2.75) is 0 Å². The van der Waals surface area contributed by atoms with E-state index >= 15 is 0 Å². The Morgan fingerprint density at radius 2 is 2.07 bits per heavy atom. The Balaban J connectivity index is 1.84. The molecule has 0 spiro atoms. The van der Waals surface area contributed by atoms with Crippen LogP contribution in [0.2, 0.25) is 0 Å². The van der Waals surface area contributed by atoms with Crippen molar-refractivity contribution in [2.75, 3.05) is 14.2 Å². The number of nitrogens with one attached hydrogen (secondary N) is 1. The Morgan fingerprint density at radius 3 is 2.74 bits per heavy atom. The third kappa shape index (κ3) is 3.93. The zero-order chi connectivity index (χ0) is 19.4. The third-order valence-corrected chi connectivity index (χ3v) is 4.95. The zero-order valence-corrected chi connectivity index (χ0v) is 16.1. The summed E-state index contributed by atoms with van der Waals surface area (Å²) < 4.78 is 10.9. The Bertz CT molecular complexity index is 931. The van der Waals surface area contributed by atoms with Crippen molar-refractivity contribution in [3.63, 3.8) is 0 Å². The number of carbonyl (C=O) groups excluding carboxylic acids is 2. The number of para-hydroxylation sites is 1. The third-order valence-electron chi connectivity index (χ3n) is 3.65. The van der Waals surface area contributed by atoms with E-state index in [1.54, 1.807) is 42.6 Å². The second kappa shape index (κ2) is 8.19. The lowest BCUT2D eigenvalue weighted by Crippen LogP contribution is -2.44. The van der Waals surface area contributed by atoms with Crippen LogP contribution in [-0.2, 0) is 4.79 Å². The fraction of sp³-hybridized carbons (Fsp3) is 0.111. The highest BCUT2D eigenvalue weighted by molar-refractivity contribution is 8.26. The van der Waals surface area contributed by atoms with Crippen molar-refractivity contribution in [3.8, 4) is 11.5 Å². The molecule has 0 aliphatic carbocycles. The van der Waals surface area contributed by atoms with Crippen LogP contribution in [0.3, 0.4) is 0 Å². The molecule has 1 saturated heterocycles. The molecule has 0 atom stereocenters. The first-order valence-electron chi connectivity index (χ1n) is 7.75. The Labute approximate surface area is 165 Å². The molecular formula is C18H15N3O4S2. The summed E-state index contributed by atoms with van der Waals surface area (Å²) in [4.78, 5) is 29.2. The lowest BCUT2D eigenvalue weighted by atomic mass is 10.1. The molecule has 2 heterocycles. The summed E-state index contributed by atoms with van der Waals surface area (Å²) >= 11 is 6.32. The highest BCUT2D eigenvalue weighted by atomic mass is 32.2. The van der Waals surface area contributed by atoms with Gasteiger partial charge in [0.1, 0.15) is 0 Å². The van der Waals surface area contributed by atoms with Crippen molar-refractivity contribution in [2.24, 2.45) is 0 Å². The standard InChI is InChI=1S/C18H15N3O4S2/c1-24-13-7-3-5-11(15(13)25-2)9-14-17(23)21(18(26)27-14)20-16(22)12-6-4-8-19-10-12/h3-10H,1-2H3,(H,20,22)/b14-9-. The summed E-state index contributed by atoms with van der Waals surface area (Å²) in [5.74, 6) is 0.156. The van der Waals surface area contributed by atoms with E-state index in [1.807, 2.05) is 0 Å². The average Bonchev–Trinajstić information content (AvgIpc) is 2.95. The smallest absolute Gasteiger partial charge is 0.285 e. The molecule has 3 rings (SSSR count). The van der Waals surface area contributed by atoms with E-state index in [4.69, 9.17) is 21.7 Å². The molecule has 7 nitrogen and oxygen atoms in total. The van der Waals surface area contributed by atoms with Crippen LogP contribution in [0.5, 0.6) is 11.5 Å². The van der Waals surface area contributed by atoms with E-state index in [0.29, 0.717) is 27.5 Å². The van der Waals surface area contributed by atoms with Crippen molar-refractivity contribution in [3.05, 3.63) is 58.8 Å². The number of pyridine rings is 1. The maximum atomic E-state index is 12.7. The summed E-state index contributed by atoms with van der Waals surface area (Å²) in [5, 5.41) is 1.05. The van der Waals surface area contributed by atoms with E-state index in [9.17, 15) is 9.59 Å². The number of thioether (sulfide) groups is 1. The lowest BCUT2D eigenvalue weighted by Gasteiger charge is -2.15. The van der Waals surface area contributed by atoms with Gasteiger partial charge in [-0.3, -0.25) is 20.0 Å². The molecule has 2 amide bonds. The van der Waals surface area contributed by atoms with Crippen LogP contribution in [0.25, 0.3) is 6.08 Å². The number of benzene rings is 1. The molecule has 0 saturated carbocycles. The van der Waals surface area contributed by atoms with Crippen molar-refractivity contribution in [1.29, 1.82) is 0 Å². The average molecular weight is 401 g/mol. The summed E-state index contributed by atoms with van der Waals surface area (Å²) in [6, 6.07) is 8.57. The molecule has 2 aromatic rings. The first kappa shape index (κ1) is 18.9. The van der Waals surface area contributed by atoms with Gasteiger partial charge in [0.15, 0.2) is 15.8 Å². The number of thiocarbonyl (C=S) groups is 1. The summed E-state index contributed by atoms with van der Waals surface area (Å²) in [7, 11) is 3.06. The Morgan fingerprint density at radius 1 is 1.26 bits per heavy atom. The van der Waals surface area contributed by atoms with Gasteiger partial charge in [-0.2, -0.15) is 5.01 Å². The summed E-state index contributed by atoms with van der Waals surface area (Å²) in [5.41, 5.74) is 3.49. The number of amides is 2. The highest BCUT2D eigenvalue weighted by Crippen LogP contribution is 2.36. The van der Waals surface area contributed by atoms with Gasteiger partial charge < -0.3 is 9.47 Å². The highest BCUT2D eigenvalue weighted by Gasteiger charge is 2.34. The van der Waals surface area contributed by atoms with Crippen molar-refractivity contribution in [1.82, 2.24) is 15.4 Å². The number of ether oxygens (including phenoxy) is 2. The van der Waals surface area contributed by atoms with Crippen LogP contribution >= 0.6 is 24.0 Å². The second-order valence-electron chi connectivity index (χ2n) is 5.28. The lowest BCUT2D eigenvalue weighted by molar-refractivity contribution is -0.123. The van der Waals surface area contributed by atoms with Gasteiger partial charge in [-0.1, -0.05) is 23.9 Å². The monoisotopic (exact) mass is 401 g/mol. The largest absolute Gasteiger partial charge is 0.493 e. The fourth-order valence-corrected chi connectivity index (χ4v) is 3.56. The number of methoxy groups -OCH3 is 2. The molecule has 138 valence electrons. The van der Waals surface area contributed by atoms with Crippen LogP contribution in [-0.4, -0.2) is 40.3 Å². The van der Waals surface area contributed by atoms with Gasteiger partial charge in [0.05, 0.1) is 24.7 Å². The van der Waals surface area contributed by atoms with Gasteiger partial charge in [0.25, 0.3) is 11.8 Å². The van der Waals surface area contributed by atoms with Gasteiger partial charge in [0, 0.05) is 18.0 Å². The minimum absolute atomic E-state index is 0.227. The number of hydrogen-bond donors (Lipinski definition) is 1. The van der Waals surface area contributed by atoms with Crippen LogP contribution in [0.4, 0.5) is 0 Å². The van der Waals surface area contributed by atoms with Crippen LogP contribution in [0, 0.1) is 0 Å². The number of hydrazine groups is 1. The number of nitrogens with zero attached hydrogens (tertiary/aromatic N) is 2. The molecule has 1 N–H and O–H groups in total. The maximum absolute atomic E-state index is 12.7. The quantitative estimate of drug-likeness (QED) is 0.609. The molecule has 0 unspecified atom stereocenters. The van der Waals surface area contributed by atoms with Gasteiger partial charge in [-0.05, 0) is 36.5 Å². The van der Waals surface area contributed by atoms with Crippen molar-refractivity contribution < 1.29 is 19.1 Å². The number of hydrogen-bond acceptors (Lipinski definition) is 7. The van der Waals surface area contributed by atoms with Gasteiger partial charge in [0.2, 0.25) is 0 Å². The van der Waals surface area contributed by atoms with E-state index in [1.165, 1.54) is 20.4 Å². The molecule has 1 aromatic carbocycles. The fourth-order valence-electron chi connectivity index (χ4n) is 2.39. The summed E-state index contributed by atoms with van der Waals surface area (Å²) in [6.45, 7) is 0. The second-order valence-corrected chi connectivity index (χ2v) is 6.96. The first-order valence-corrected chi connectivity index (χ1v) is 8.97. The van der Waals surface area contributed by atoms with E-state index in [2.05, 4.69) is 10.4 Å². The van der Waals surface area contributed by atoms with Gasteiger partial charge in [-0.25, -0.2) is 0 Å². The minimum Gasteiger partial charge on any atom is -0.493 e. The van der Waals surface area contributed by atoms with Crippen LogP contribution in [0.1, 0.15) is 15.9 Å². The Hall–Kier alpha value is -2.91. The van der Waals surface area contributed by atoms with Crippen LogP contribution < -0.4 is 14.9 Å². The van der Waals surface area contributed by atoms with E-state index in [0.717, 1.165) is 16.8 Å². The predicted octanol–water partition coefficient (Wildman–Crippen LogP) is 2.65. The number of rotatable bonds is 5. The molecule has 0 bridgehead atoms. The van der Waals surface area contributed by atoms with Crippen LogP contribution in [0.15, 0.2) is 47.6 Å². The summed E-state index contributed by atoms with van der Waals surface area (Å²) in [6.07, 6.45) is 4.61. The molecule has 0 radical (unpaired) electrons. The molecule has 1 aliphatic rings. The van der Waals surface area contributed by atoms with Gasteiger partial charge >= 0.3 is 0 Å².